The van der Waals surface area contributed by atoms with Crippen LogP contribution >= 0.6 is 11.3 Å². The minimum absolute atomic E-state index is 0.252. The number of sulfonamides is 1. The maximum atomic E-state index is 13.4. The van der Waals surface area contributed by atoms with E-state index >= 15 is 0 Å². The number of halogens is 1. The van der Waals surface area contributed by atoms with Crippen molar-refractivity contribution >= 4 is 33.3 Å². The highest BCUT2D eigenvalue weighted by Gasteiger charge is 2.28. The number of hydrogen-bond donors (Lipinski definition) is 0. The van der Waals surface area contributed by atoms with E-state index in [0.717, 1.165) is 27.0 Å². The van der Waals surface area contributed by atoms with Gasteiger partial charge in [0.25, 0.3) is 0 Å². The minimum Gasteiger partial charge on any atom is -0.332 e. The fraction of sp³-hybridized carbons (Fsp3) is 0.269. The van der Waals surface area contributed by atoms with Crippen LogP contribution in [-0.4, -0.2) is 36.1 Å². The molecule has 5 nitrogen and oxygen atoms in total. The molecule has 0 radical (unpaired) electrons. The van der Waals surface area contributed by atoms with E-state index in [1.165, 1.54) is 22.5 Å². The highest BCUT2D eigenvalue weighted by molar-refractivity contribution is 7.92. The van der Waals surface area contributed by atoms with Crippen LogP contribution in [0.3, 0.4) is 0 Å². The highest BCUT2D eigenvalue weighted by atomic mass is 32.2. The first-order valence-corrected chi connectivity index (χ1v) is 13.3. The Hall–Kier alpha value is -2.81. The van der Waals surface area contributed by atoms with Gasteiger partial charge in [-0.05, 0) is 67.1 Å². The third-order valence-electron chi connectivity index (χ3n) is 5.37. The molecule has 0 bridgehead atoms. The topological polar surface area (TPSA) is 57.7 Å². The molecule has 0 saturated carbocycles. The minimum atomic E-state index is -3.84. The summed E-state index contributed by atoms with van der Waals surface area (Å²) in [6.07, 6.45) is 1.53. The van der Waals surface area contributed by atoms with E-state index < -0.39 is 16.1 Å². The molecule has 3 aromatic rings. The Balaban J connectivity index is 1.83. The van der Waals surface area contributed by atoms with E-state index in [-0.39, 0.29) is 24.8 Å². The first-order chi connectivity index (χ1) is 16.2. The molecular formula is C26H29FN2O3S2. The Bertz CT molecular complexity index is 1220. The summed E-state index contributed by atoms with van der Waals surface area (Å²) < 4.78 is 40.8. The molecule has 1 amide bonds. The normalized spacial score (nSPS) is 12.1. The third kappa shape index (κ3) is 7.09. The Morgan fingerprint density at radius 2 is 1.71 bits per heavy atom. The van der Waals surface area contributed by atoms with Gasteiger partial charge >= 0.3 is 0 Å². The predicted molar refractivity (Wildman–Crippen MR) is 136 cm³/mol. The van der Waals surface area contributed by atoms with Gasteiger partial charge in [0.2, 0.25) is 15.9 Å². The van der Waals surface area contributed by atoms with E-state index in [9.17, 15) is 17.6 Å². The lowest BCUT2D eigenvalue weighted by Crippen LogP contribution is -2.44. The van der Waals surface area contributed by atoms with Gasteiger partial charge in [-0.3, -0.25) is 4.79 Å². The molecule has 0 atom stereocenters. The number of amides is 1. The van der Waals surface area contributed by atoms with Gasteiger partial charge in [0, 0.05) is 22.9 Å². The molecule has 0 N–H and O–H groups in total. The Morgan fingerprint density at radius 1 is 1.03 bits per heavy atom. The molecule has 3 rings (SSSR count). The van der Waals surface area contributed by atoms with Crippen molar-refractivity contribution < 1.29 is 17.6 Å². The van der Waals surface area contributed by atoms with E-state index in [1.54, 1.807) is 42.2 Å². The number of hydrogen-bond acceptors (Lipinski definition) is 4. The smallest absolute Gasteiger partial charge is 0.238 e. The van der Waals surface area contributed by atoms with Crippen LogP contribution in [-0.2, 0) is 27.9 Å². The maximum Gasteiger partial charge on any atom is 0.238 e. The zero-order valence-electron chi connectivity index (χ0n) is 19.5. The molecule has 34 heavy (non-hydrogen) atoms. The molecule has 0 saturated heterocycles. The predicted octanol–water partition coefficient (Wildman–Crippen LogP) is 5.44. The van der Waals surface area contributed by atoms with Gasteiger partial charge in [0.15, 0.2) is 0 Å². The van der Waals surface area contributed by atoms with Gasteiger partial charge in [-0.25, -0.2) is 12.8 Å². The molecule has 0 aliphatic rings. The lowest BCUT2D eigenvalue weighted by Gasteiger charge is -2.28. The molecule has 0 aliphatic carbocycles. The van der Waals surface area contributed by atoms with E-state index in [1.807, 2.05) is 48.7 Å². The van der Waals surface area contributed by atoms with Crippen molar-refractivity contribution in [2.24, 2.45) is 0 Å². The largest absolute Gasteiger partial charge is 0.332 e. The van der Waals surface area contributed by atoms with Crippen LogP contribution in [0.5, 0.6) is 0 Å². The quantitative estimate of drug-likeness (QED) is 0.373. The van der Waals surface area contributed by atoms with Crippen molar-refractivity contribution in [3.8, 4) is 0 Å². The number of thiophene rings is 1. The number of nitrogens with zero attached hydrogens (tertiary/aromatic N) is 2. The summed E-state index contributed by atoms with van der Waals surface area (Å²) in [6, 6.07) is 16.7. The molecule has 8 heteroatoms. The number of carbonyl (C=O) groups is 1. The number of aryl methyl sites for hydroxylation is 1. The fourth-order valence-corrected chi connectivity index (χ4v) is 5.67. The SMILES string of the molecule is Cc1ccsc1CN(Cc1ccc(F)cc1)C(=O)CN(C(C)C)S(=O)(=O)C=Cc1ccccc1. The molecule has 1 aromatic heterocycles. The molecule has 2 aromatic carbocycles. The summed E-state index contributed by atoms with van der Waals surface area (Å²) in [6.45, 7) is 5.79. The van der Waals surface area contributed by atoms with Crippen LogP contribution in [0.15, 0.2) is 71.5 Å². The second kappa shape index (κ2) is 11.6. The van der Waals surface area contributed by atoms with E-state index in [0.29, 0.717) is 6.54 Å². The lowest BCUT2D eigenvalue weighted by molar-refractivity contribution is -0.132. The van der Waals surface area contributed by atoms with Crippen molar-refractivity contribution in [1.29, 1.82) is 0 Å². The first kappa shape index (κ1) is 25.8. The summed E-state index contributed by atoms with van der Waals surface area (Å²) in [4.78, 5) is 16.1. The van der Waals surface area contributed by atoms with Gasteiger partial charge in [-0.1, -0.05) is 42.5 Å². The monoisotopic (exact) mass is 500 g/mol. The van der Waals surface area contributed by atoms with Crippen LogP contribution in [0.4, 0.5) is 4.39 Å². The zero-order valence-corrected chi connectivity index (χ0v) is 21.2. The van der Waals surface area contributed by atoms with Crippen molar-refractivity contribution in [3.05, 3.63) is 98.8 Å². The van der Waals surface area contributed by atoms with Crippen LogP contribution in [0, 0.1) is 12.7 Å². The molecule has 1 heterocycles. The third-order valence-corrected chi connectivity index (χ3v) is 8.06. The fourth-order valence-electron chi connectivity index (χ4n) is 3.39. The number of carbonyl (C=O) groups excluding carboxylic acids is 1. The average molecular weight is 501 g/mol. The summed E-state index contributed by atoms with van der Waals surface area (Å²) in [7, 11) is -3.84. The van der Waals surface area contributed by atoms with Crippen molar-refractivity contribution in [2.45, 2.75) is 39.9 Å². The molecule has 0 fully saturated rings. The Labute approximate surface area is 205 Å². The highest BCUT2D eigenvalue weighted by Crippen LogP contribution is 2.21. The van der Waals surface area contributed by atoms with E-state index in [4.69, 9.17) is 0 Å². The number of benzene rings is 2. The van der Waals surface area contributed by atoms with Crippen molar-refractivity contribution in [2.75, 3.05) is 6.54 Å². The van der Waals surface area contributed by atoms with Gasteiger partial charge in [0.1, 0.15) is 5.82 Å². The summed E-state index contributed by atoms with van der Waals surface area (Å²) in [5.74, 6) is -0.666. The molecule has 0 spiro atoms. The molecule has 180 valence electrons. The van der Waals surface area contributed by atoms with Crippen LogP contribution in [0.1, 0.15) is 35.4 Å². The second-order valence-corrected chi connectivity index (χ2v) is 11.1. The van der Waals surface area contributed by atoms with Gasteiger partial charge in [-0.15, -0.1) is 11.3 Å². The lowest BCUT2D eigenvalue weighted by atomic mass is 10.2. The summed E-state index contributed by atoms with van der Waals surface area (Å²) in [5.41, 5.74) is 2.60. The molecule has 0 aliphatic heterocycles. The molecular weight excluding hydrogens is 471 g/mol. The standard InChI is InChI=1S/C26H29FN2O3S2/c1-20(2)29(34(31,32)16-14-22-7-5-4-6-8-22)19-26(30)28(18-25-21(3)13-15-33-25)17-23-9-11-24(27)12-10-23/h4-16,20H,17-19H2,1-3H3. The van der Waals surface area contributed by atoms with E-state index in [2.05, 4.69) is 0 Å². The second-order valence-electron chi connectivity index (χ2n) is 8.30. The van der Waals surface area contributed by atoms with Gasteiger partial charge < -0.3 is 4.90 Å². The van der Waals surface area contributed by atoms with Crippen LogP contribution in [0.25, 0.3) is 6.08 Å². The first-order valence-electron chi connectivity index (χ1n) is 11.0. The summed E-state index contributed by atoms with van der Waals surface area (Å²) in [5, 5.41) is 3.10. The zero-order chi connectivity index (χ0) is 24.7. The van der Waals surface area contributed by atoms with Crippen LogP contribution in [0.2, 0.25) is 0 Å². The Morgan fingerprint density at radius 3 is 2.29 bits per heavy atom. The Kier molecular flexibility index (Phi) is 8.77. The van der Waals surface area contributed by atoms with Crippen molar-refractivity contribution in [3.63, 3.8) is 0 Å². The van der Waals surface area contributed by atoms with Crippen LogP contribution < -0.4 is 0 Å². The van der Waals surface area contributed by atoms with Crippen molar-refractivity contribution in [1.82, 2.24) is 9.21 Å². The number of rotatable bonds is 10. The van der Waals surface area contributed by atoms with Gasteiger partial charge in [0.05, 0.1) is 13.1 Å². The average Bonchev–Trinajstić information content (AvgIpc) is 3.21. The van der Waals surface area contributed by atoms with Gasteiger partial charge in [-0.2, -0.15) is 4.31 Å². The molecule has 0 unspecified atom stereocenters. The summed E-state index contributed by atoms with van der Waals surface area (Å²) >= 11 is 1.55. The maximum absolute atomic E-state index is 13.4.